The number of piperidine rings is 1. The highest BCUT2D eigenvalue weighted by Gasteiger charge is 2.50. The van der Waals surface area contributed by atoms with Gasteiger partial charge in [0.25, 0.3) is 11.8 Å². The number of nitrogens with one attached hydrogen (secondary N) is 2. The second-order valence-corrected chi connectivity index (χ2v) is 9.86. The summed E-state index contributed by atoms with van der Waals surface area (Å²) in [6.07, 6.45) is 2.01. The molecule has 9 heteroatoms. The molecule has 0 saturated carbocycles. The van der Waals surface area contributed by atoms with E-state index in [1.165, 1.54) is 12.7 Å². The summed E-state index contributed by atoms with van der Waals surface area (Å²) in [7, 11) is 3.68. The smallest absolute Gasteiger partial charge is 0.344 e. The van der Waals surface area contributed by atoms with Crippen LogP contribution in [0.5, 0.6) is 5.75 Å². The van der Waals surface area contributed by atoms with Crippen molar-refractivity contribution in [3.63, 3.8) is 0 Å². The Morgan fingerprint density at radius 3 is 2.56 bits per heavy atom. The highest BCUT2D eigenvalue weighted by atomic mass is 16.5. The largest absolute Gasteiger partial charge is 0.497 e. The van der Waals surface area contributed by atoms with Crippen molar-refractivity contribution in [1.29, 1.82) is 0 Å². The van der Waals surface area contributed by atoms with E-state index in [-0.39, 0.29) is 12.5 Å². The molecule has 0 aromatic heterocycles. The monoisotopic (exact) mass is 493 g/mol. The third-order valence-corrected chi connectivity index (χ3v) is 7.01. The lowest BCUT2D eigenvalue weighted by atomic mass is 9.92. The molecule has 2 heterocycles. The van der Waals surface area contributed by atoms with E-state index in [1.807, 2.05) is 6.07 Å². The van der Waals surface area contributed by atoms with E-state index in [2.05, 4.69) is 51.9 Å². The van der Waals surface area contributed by atoms with E-state index < -0.39 is 17.5 Å². The molecule has 2 fully saturated rings. The van der Waals surface area contributed by atoms with Crippen LogP contribution in [-0.2, 0) is 21.7 Å². The number of amides is 4. The van der Waals surface area contributed by atoms with Crippen molar-refractivity contribution in [1.82, 2.24) is 25.6 Å². The molecule has 9 nitrogen and oxygen atoms in total. The molecule has 1 atom stereocenters. The molecule has 36 heavy (non-hydrogen) atoms. The average Bonchev–Trinajstić information content (AvgIpc) is 3.09. The van der Waals surface area contributed by atoms with Gasteiger partial charge in [-0.25, -0.2) is 4.79 Å². The topological polar surface area (TPSA) is 94.2 Å². The lowest BCUT2D eigenvalue weighted by Gasteiger charge is -2.33. The second kappa shape index (κ2) is 11.1. The van der Waals surface area contributed by atoms with Gasteiger partial charge in [-0.2, -0.15) is 5.01 Å². The molecule has 0 spiro atoms. The number of urea groups is 1. The summed E-state index contributed by atoms with van der Waals surface area (Å²) in [6.45, 7) is 5.30. The minimum absolute atomic E-state index is 0.138. The minimum atomic E-state index is -1.29. The number of carbonyl (C=O) groups is 3. The van der Waals surface area contributed by atoms with Gasteiger partial charge in [-0.1, -0.05) is 42.5 Å². The number of likely N-dealkylation sites (tertiary alicyclic amines) is 1. The normalized spacial score (nSPS) is 21.1. The van der Waals surface area contributed by atoms with Crippen LogP contribution in [0, 0.1) is 5.92 Å². The van der Waals surface area contributed by atoms with Crippen LogP contribution in [0.2, 0.25) is 0 Å². The first-order valence-electron chi connectivity index (χ1n) is 12.3. The molecule has 0 radical (unpaired) electrons. The Bertz CT molecular complexity index is 1090. The van der Waals surface area contributed by atoms with E-state index in [0.717, 1.165) is 44.0 Å². The van der Waals surface area contributed by atoms with Gasteiger partial charge in [0.15, 0.2) is 0 Å². The molecule has 2 aliphatic rings. The fraction of sp³-hybridized carbons (Fsp3) is 0.444. The van der Waals surface area contributed by atoms with E-state index in [4.69, 9.17) is 4.74 Å². The summed E-state index contributed by atoms with van der Waals surface area (Å²) in [5.74, 6) is 0.239. The molecular formula is C27H35N5O4. The molecule has 0 aliphatic carbocycles. The minimum Gasteiger partial charge on any atom is -0.497 e. The lowest BCUT2D eigenvalue weighted by molar-refractivity contribution is -0.139. The first-order valence-corrected chi connectivity index (χ1v) is 12.3. The van der Waals surface area contributed by atoms with Crippen molar-refractivity contribution in [2.45, 2.75) is 31.8 Å². The highest BCUT2D eigenvalue weighted by Crippen LogP contribution is 2.30. The van der Waals surface area contributed by atoms with E-state index >= 15 is 0 Å². The number of hydrogen-bond donors (Lipinski definition) is 2. The molecule has 2 aromatic carbocycles. The summed E-state index contributed by atoms with van der Waals surface area (Å²) in [4.78, 5) is 42.8. The Kier molecular flexibility index (Phi) is 7.91. The quantitative estimate of drug-likeness (QED) is 0.521. The van der Waals surface area contributed by atoms with Crippen LogP contribution >= 0.6 is 0 Å². The lowest BCUT2D eigenvalue weighted by Crippen LogP contribution is -2.51. The van der Waals surface area contributed by atoms with Crippen LogP contribution in [-0.4, -0.2) is 73.0 Å². The maximum atomic E-state index is 13.1. The summed E-state index contributed by atoms with van der Waals surface area (Å²) in [5.41, 5.74) is 3.10. The third kappa shape index (κ3) is 5.85. The predicted molar refractivity (Wildman–Crippen MR) is 136 cm³/mol. The fourth-order valence-electron chi connectivity index (χ4n) is 4.96. The van der Waals surface area contributed by atoms with Crippen LogP contribution in [0.4, 0.5) is 4.79 Å². The van der Waals surface area contributed by atoms with Gasteiger partial charge in [-0.05, 0) is 69.1 Å². The first-order chi connectivity index (χ1) is 17.3. The Morgan fingerprint density at radius 1 is 1.14 bits per heavy atom. The number of imide groups is 1. The maximum Gasteiger partial charge on any atom is 0.344 e. The number of hydrazine groups is 1. The highest BCUT2D eigenvalue weighted by molar-refractivity contribution is 6.08. The number of rotatable bonds is 9. The molecule has 2 saturated heterocycles. The fourth-order valence-corrected chi connectivity index (χ4v) is 4.96. The molecule has 4 amide bonds. The van der Waals surface area contributed by atoms with Crippen molar-refractivity contribution in [3.8, 4) is 5.75 Å². The summed E-state index contributed by atoms with van der Waals surface area (Å²) >= 11 is 0. The van der Waals surface area contributed by atoms with Gasteiger partial charge in [0.2, 0.25) is 0 Å². The zero-order chi connectivity index (χ0) is 25.7. The van der Waals surface area contributed by atoms with Gasteiger partial charge < -0.3 is 15.0 Å². The molecule has 4 rings (SSSR count). The zero-order valence-electron chi connectivity index (χ0n) is 21.2. The van der Waals surface area contributed by atoms with Gasteiger partial charge in [-0.15, -0.1) is 0 Å². The van der Waals surface area contributed by atoms with Crippen molar-refractivity contribution < 1.29 is 19.1 Å². The van der Waals surface area contributed by atoms with Gasteiger partial charge >= 0.3 is 6.03 Å². The second-order valence-electron chi connectivity index (χ2n) is 9.86. The van der Waals surface area contributed by atoms with Crippen LogP contribution in [0.3, 0.4) is 0 Å². The number of nitrogens with zero attached hydrogens (tertiary/aromatic N) is 3. The molecule has 2 aromatic rings. The molecule has 2 N–H and O–H groups in total. The van der Waals surface area contributed by atoms with E-state index in [9.17, 15) is 14.4 Å². The van der Waals surface area contributed by atoms with E-state index in [1.54, 1.807) is 31.2 Å². The number of hydrogen-bond acceptors (Lipinski definition) is 6. The first kappa shape index (κ1) is 25.7. The van der Waals surface area contributed by atoms with Gasteiger partial charge in [-0.3, -0.25) is 19.9 Å². The SMILES string of the molecule is COc1cccc(C2(C)NC(=O)N(NC(=O)CN3CCC(CN(C)Cc4ccccc4)CC3)C2=O)c1. The van der Waals surface area contributed by atoms with Crippen molar-refractivity contribution in [3.05, 3.63) is 65.7 Å². The van der Waals surface area contributed by atoms with Gasteiger partial charge in [0.1, 0.15) is 11.3 Å². The Morgan fingerprint density at radius 2 is 1.86 bits per heavy atom. The van der Waals surface area contributed by atoms with E-state index in [0.29, 0.717) is 17.2 Å². The van der Waals surface area contributed by atoms with Gasteiger partial charge in [0, 0.05) is 13.1 Å². The molecule has 0 bridgehead atoms. The molecule has 2 aliphatic heterocycles. The zero-order valence-corrected chi connectivity index (χ0v) is 21.2. The van der Waals surface area contributed by atoms with Crippen LogP contribution in [0.25, 0.3) is 0 Å². The number of benzene rings is 2. The summed E-state index contributed by atoms with van der Waals surface area (Å²) in [6, 6.07) is 16.7. The predicted octanol–water partition coefficient (Wildman–Crippen LogP) is 2.34. The number of ether oxygens (including phenoxy) is 1. The van der Waals surface area contributed by atoms with Gasteiger partial charge in [0.05, 0.1) is 13.7 Å². The Hall–Kier alpha value is -3.43. The van der Waals surface area contributed by atoms with Crippen molar-refractivity contribution >= 4 is 17.8 Å². The number of carbonyl (C=O) groups excluding carboxylic acids is 3. The summed E-state index contributed by atoms with van der Waals surface area (Å²) in [5, 5.41) is 3.48. The molecular weight excluding hydrogens is 458 g/mol. The Labute approximate surface area is 212 Å². The standard InChI is InChI=1S/C27H35N5O4/c1-27(22-10-7-11-23(16-22)36-3)25(34)32(26(35)28-27)29-24(33)19-31-14-12-21(13-15-31)18-30(2)17-20-8-5-4-6-9-20/h4-11,16,21H,12-15,17-19H2,1-3H3,(H,28,35)(H,29,33). The van der Waals surface area contributed by atoms with Crippen molar-refractivity contribution in [2.75, 3.05) is 40.3 Å². The molecule has 1 unspecified atom stereocenters. The number of methoxy groups -OCH3 is 1. The molecule has 192 valence electrons. The van der Waals surface area contributed by atoms with Crippen LogP contribution in [0.1, 0.15) is 30.9 Å². The van der Waals surface area contributed by atoms with Crippen molar-refractivity contribution in [2.24, 2.45) is 5.92 Å². The van der Waals surface area contributed by atoms with Crippen LogP contribution in [0.15, 0.2) is 54.6 Å². The average molecular weight is 494 g/mol. The summed E-state index contributed by atoms with van der Waals surface area (Å²) < 4.78 is 5.24. The van der Waals surface area contributed by atoms with Crippen LogP contribution < -0.4 is 15.5 Å². The third-order valence-electron chi connectivity index (χ3n) is 7.01. The maximum absolute atomic E-state index is 13.1. The Balaban J connectivity index is 1.25.